The molecule has 1 atom stereocenters. The molecule has 0 bridgehead atoms. The molecule has 2 heterocycles. The highest BCUT2D eigenvalue weighted by Crippen LogP contribution is 2.17. The van der Waals surface area contributed by atoms with Crippen molar-refractivity contribution in [2.24, 2.45) is 0 Å². The van der Waals surface area contributed by atoms with Gasteiger partial charge in [-0.1, -0.05) is 0 Å². The van der Waals surface area contributed by atoms with Crippen LogP contribution in [0.15, 0.2) is 23.7 Å². The quantitative estimate of drug-likeness (QED) is 0.915. The fourth-order valence-electron chi connectivity index (χ4n) is 1.57. The van der Waals surface area contributed by atoms with Crippen LogP contribution in [0.3, 0.4) is 0 Å². The summed E-state index contributed by atoms with van der Waals surface area (Å²) in [5, 5.41) is 15.3. The predicted octanol–water partition coefficient (Wildman–Crippen LogP) is 2.57. The summed E-state index contributed by atoms with van der Waals surface area (Å²) < 4.78 is 0. The van der Waals surface area contributed by atoms with Gasteiger partial charge in [0.25, 0.3) is 0 Å². The first-order valence-corrected chi connectivity index (χ1v) is 6.57. The minimum Gasteiger partial charge on any atom is -0.304 e. The van der Waals surface area contributed by atoms with Crippen molar-refractivity contribution < 1.29 is 0 Å². The Kier molecular flexibility index (Phi) is 4.03. The number of hydrogen-bond acceptors (Lipinski definition) is 5. The van der Waals surface area contributed by atoms with Crippen LogP contribution in [0.1, 0.15) is 34.9 Å². The molecule has 0 aliphatic heterocycles. The third-order valence-corrected chi connectivity index (χ3v) is 3.70. The smallest absolute Gasteiger partial charge is 0.140 e. The van der Waals surface area contributed by atoms with Crippen molar-refractivity contribution in [1.82, 2.24) is 15.3 Å². The topological polar surface area (TPSA) is 61.6 Å². The molecule has 2 rings (SSSR count). The number of nitrogens with one attached hydrogen (secondary N) is 1. The van der Waals surface area contributed by atoms with E-state index in [0.717, 1.165) is 16.3 Å². The van der Waals surface area contributed by atoms with Gasteiger partial charge in [0.15, 0.2) is 0 Å². The summed E-state index contributed by atoms with van der Waals surface area (Å²) in [7, 11) is 0. The number of aromatic nitrogens is 2. The zero-order chi connectivity index (χ0) is 13.0. The summed E-state index contributed by atoms with van der Waals surface area (Å²) in [6.45, 7) is 4.79. The van der Waals surface area contributed by atoms with E-state index in [1.165, 1.54) is 0 Å². The maximum atomic E-state index is 8.78. The van der Waals surface area contributed by atoms with Gasteiger partial charge in [-0.15, -0.1) is 11.3 Å². The average molecular weight is 258 g/mol. The van der Waals surface area contributed by atoms with Gasteiger partial charge in [-0.25, -0.2) is 9.97 Å². The minimum absolute atomic E-state index is 0.211. The first-order valence-electron chi connectivity index (χ1n) is 5.69. The Balaban J connectivity index is 1.97. The van der Waals surface area contributed by atoms with Crippen molar-refractivity contribution in [2.75, 3.05) is 0 Å². The number of pyridine rings is 1. The molecule has 0 saturated heterocycles. The van der Waals surface area contributed by atoms with Crippen LogP contribution >= 0.6 is 11.3 Å². The standard InChI is InChI=1S/C13H14N4S/c1-9-8-18-13(17-9)10(2)16-7-11-3-4-15-12(5-11)6-14/h3-5,8,10,16H,7H2,1-2H3. The van der Waals surface area contributed by atoms with Crippen molar-refractivity contribution in [2.45, 2.75) is 26.4 Å². The van der Waals surface area contributed by atoms with Crippen LogP contribution in [0.25, 0.3) is 0 Å². The second-order valence-electron chi connectivity index (χ2n) is 4.09. The largest absolute Gasteiger partial charge is 0.304 e. The van der Waals surface area contributed by atoms with Gasteiger partial charge in [0.1, 0.15) is 16.8 Å². The Hall–Kier alpha value is -1.77. The Bertz CT molecular complexity index is 570. The van der Waals surface area contributed by atoms with Crippen molar-refractivity contribution >= 4 is 11.3 Å². The summed E-state index contributed by atoms with van der Waals surface area (Å²) in [5.41, 5.74) is 2.56. The Labute approximate surface area is 110 Å². The lowest BCUT2D eigenvalue weighted by Crippen LogP contribution is -2.18. The van der Waals surface area contributed by atoms with E-state index in [2.05, 4.69) is 22.2 Å². The van der Waals surface area contributed by atoms with Gasteiger partial charge in [-0.2, -0.15) is 5.26 Å². The van der Waals surface area contributed by atoms with Crippen LogP contribution in [0, 0.1) is 18.3 Å². The van der Waals surface area contributed by atoms with E-state index in [1.54, 1.807) is 23.6 Å². The lowest BCUT2D eigenvalue weighted by atomic mass is 10.2. The van der Waals surface area contributed by atoms with Crippen molar-refractivity contribution in [3.63, 3.8) is 0 Å². The third-order valence-electron chi connectivity index (χ3n) is 2.56. The van der Waals surface area contributed by atoms with Crippen LogP contribution in [0.4, 0.5) is 0 Å². The summed E-state index contributed by atoms with van der Waals surface area (Å²) in [4.78, 5) is 8.40. The first kappa shape index (κ1) is 12.7. The Morgan fingerprint density at radius 2 is 2.39 bits per heavy atom. The van der Waals surface area contributed by atoms with Crippen molar-refractivity contribution in [3.05, 3.63) is 45.7 Å². The van der Waals surface area contributed by atoms with Crippen LogP contribution in [-0.4, -0.2) is 9.97 Å². The van der Waals surface area contributed by atoms with Crippen molar-refractivity contribution in [3.8, 4) is 6.07 Å². The molecule has 18 heavy (non-hydrogen) atoms. The van der Waals surface area contributed by atoms with Crippen LogP contribution < -0.4 is 5.32 Å². The van der Waals surface area contributed by atoms with E-state index < -0.39 is 0 Å². The molecule has 4 nitrogen and oxygen atoms in total. The summed E-state index contributed by atoms with van der Waals surface area (Å²) in [6, 6.07) is 5.96. The van der Waals surface area contributed by atoms with Gasteiger partial charge < -0.3 is 5.32 Å². The SMILES string of the molecule is Cc1csc(C(C)NCc2ccnc(C#N)c2)n1. The monoisotopic (exact) mass is 258 g/mol. The predicted molar refractivity (Wildman–Crippen MR) is 71.1 cm³/mol. The van der Waals surface area contributed by atoms with Crippen LogP contribution in [-0.2, 0) is 6.54 Å². The molecule has 0 spiro atoms. The van der Waals surface area contributed by atoms with Gasteiger partial charge in [0, 0.05) is 23.8 Å². The van der Waals surface area contributed by atoms with Gasteiger partial charge >= 0.3 is 0 Å². The Morgan fingerprint density at radius 3 is 3.06 bits per heavy atom. The maximum Gasteiger partial charge on any atom is 0.140 e. The lowest BCUT2D eigenvalue weighted by molar-refractivity contribution is 0.570. The molecule has 5 heteroatoms. The van der Waals surface area contributed by atoms with Gasteiger partial charge in [0.2, 0.25) is 0 Å². The van der Waals surface area contributed by atoms with Crippen molar-refractivity contribution in [1.29, 1.82) is 5.26 Å². The normalized spacial score (nSPS) is 12.1. The summed E-state index contributed by atoms with van der Waals surface area (Å²) in [6.07, 6.45) is 1.66. The van der Waals surface area contributed by atoms with Gasteiger partial charge in [-0.3, -0.25) is 0 Å². The molecule has 0 radical (unpaired) electrons. The van der Waals surface area contributed by atoms with E-state index in [0.29, 0.717) is 12.2 Å². The summed E-state index contributed by atoms with van der Waals surface area (Å²) in [5.74, 6) is 0. The molecule has 0 saturated carbocycles. The van der Waals surface area contributed by atoms with Gasteiger partial charge in [0.05, 0.1) is 6.04 Å². The fourth-order valence-corrected chi connectivity index (χ4v) is 2.40. The molecule has 0 aliphatic rings. The van der Waals surface area contributed by atoms with Crippen LogP contribution in [0.5, 0.6) is 0 Å². The zero-order valence-corrected chi connectivity index (χ0v) is 11.2. The molecule has 0 fully saturated rings. The molecular weight excluding hydrogens is 244 g/mol. The minimum atomic E-state index is 0.211. The molecule has 0 aliphatic carbocycles. The average Bonchev–Trinajstić information content (AvgIpc) is 2.83. The van der Waals surface area contributed by atoms with Gasteiger partial charge in [-0.05, 0) is 31.5 Å². The number of nitriles is 1. The van der Waals surface area contributed by atoms with E-state index in [1.807, 2.05) is 24.4 Å². The number of rotatable bonds is 4. The van der Waals surface area contributed by atoms with E-state index >= 15 is 0 Å². The lowest BCUT2D eigenvalue weighted by Gasteiger charge is -2.11. The Morgan fingerprint density at radius 1 is 1.56 bits per heavy atom. The highest BCUT2D eigenvalue weighted by molar-refractivity contribution is 7.09. The first-order chi connectivity index (χ1) is 8.69. The molecule has 1 unspecified atom stereocenters. The second-order valence-corrected chi connectivity index (χ2v) is 4.98. The number of nitrogens with zero attached hydrogens (tertiary/aromatic N) is 3. The second kappa shape index (κ2) is 5.71. The molecule has 0 aromatic carbocycles. The number of hydrogen-bond donors (Lipinski definition) is 1. The fraction of sp³-hybridized carbons (Fsp3) is 0.308. The molecule has 1 N–H and O–H groups in total. The zero-order valence-electron chi connectivity index (χ0n) is 10.3. The molecule has 0 amide bonds. The highest BCUT2D eigenvalue weighted by Gasteiger charge is 2.08. The highest BCUT2D eigenvalue weighted by atomic mass is 32.1. The van der Waals surface area contributed by atoms with E-state index in [9.17, 15) is 0 Å². The molecule has 2 aromatic heterocycles. The molecule has 2 aromatic rings. The summed E-state index contributed by atoms with van der Waals surface area (Å²) >= 11 is 1.66. The van der Waals surface area contributed by atoms with Crippen LogP contribution in [0.2, 0.25) is 0 Å². The van der Waals surface area contributed by atoms with E-state index in [4.69, 9.17) is 5.26 Å². The third kappa shape index (κ3) is 3.13. The van der Waals surface area contributed by atoms with E-state index in [-0.39, 0.29) is 6.04 Å². The number of thiazole rings is 1. The molecular formula is C13H14N4S. The number of aryl methyl sites for hydroxylation is 1. The maximum absolute atomic E-state index is 8.78. The molecule has 92 valence electrons.